The number of nitro groups is 1. The standard InChI is InChI=1S/C16H12ClN3O3S/c1-2-19(16-18-12-5-3-4-6-14(12)24-16)15(21)10-7-8-11(17)13(9-10)20(22)23/h3-9H,2H2,1H3. The second-order valence-corrected chi connectivity index (χ2v) is 6.35. The largest absolute Gasteiger partial charge is 0.288 e. The van der Waals surface area contributed by atoms with Gasteiger partial charge >= 0.3 is 0 Å². The highest BCUT2D eigenvalue weighted by atomic mass is 35.5. The predicted octanol–water partition coefficient (Wildman–Crippen LogP) is 4.52. The molecule has 0 saturated carbocycles. The normalized spacial score (nSPS) is 10.8. The first-order valence-electron chi connectivity index (χ1n) is 7.12. The van der Waals surface area contributed by atoms with E-state index in [1.807, 2.05) is 31.2 Å². The predicted molar refractivity (Wildman–Crippen MR) is 95.1 cm³/mol. The first-order chi connectivity index (χ1) is 11.5. The van der Waals surface area contributed by atoms with Crippen LogP contribution in [0.2, 0.25) is 5.02 Å². The van der Waals surface area contributed by atoms with Gasteiger partial charge in [0.1, 0.15) is 5.02 Å². The van der Waals surface area contributed by atoms with E-state index in [-0.39, 0.29) is 22.2 Å². The molecular weight excluding hydrogens is 350 g/mol. The van der Waals surface area contributed by atoms with Gasteiger partial charge in [-0.2, -0.15) is 0 Å². The molecule has 8 heteroatoms. The van der Waals surface area contributed by atoms with Crippen molar-refractivity contribution >= 4 is 49.9 Å². The summed E-state index contributed by atoms with van der Waals surface area (Å²) in [5.74, 6) is -0.351. The number of halogens is 1. The van der Waals surface area contributed by atoms with Gasteiger partial charge in [-0.3, -0.25) is 19.8 Å². The summed E-state index contributed by atoms with van der Waals surface area (Å²) in [6.07, 6.45) is 0. The molecule has 6 nitrogen and oxygen atoms in total. The Labute approximate surface area is 146 Å². The molecule has 0 aliphatic heterocycles. The van der Waals surface area contributed by atoms with Gasteiger partial charge in [-0.05, 0) is 31.2 Å². The maximum absolute atomic E-state index is 12.8. The Kier molecular flexibility index (Phi) is 4.46. The number of hydrogen-bond acceptors (Lipinski definition) is 5. The van der Waals surface area contributed by atoms with Crippen LogP contribution in [0.5, 0.6) is 0 Å². The number of benzene rings is 2. The second-order valence-electron chi connectivity index (χ2n) is 4.94. The molecule has 0 N–H and O–H groups in total. The summed E-state index contributed by atoms with van der Waals surface area (Å²) in [7, 11) is 0. The molecule has 122 valence electrons. The number of thiazole rings is 1. The highest BCUT2D eigenvalue weighted by Crippen LogP contribution is 2.31. The van der Waals surface area contributed by atoms with Crippen molar-refractivity contribution in [2.45, 2.75) is 6.92 Å². The fourth-order valence-corrected chi connectivity index (χ4v) is 3.50. The van der Waals surface area contributed by atoms with Gasteiger partial charge in [0.05, 0.1) is 15.1 Å². The van der Waals surface area contributed by atoms with Gasteiger partial charge in [0.25, 0.3) is 11.6 Å². The van der Waals surface area contributed by atoms with Gasteiger partial charge in [0.15, 0.2) is 5.13 Å². The molecule has 3 aromatic rings. The average Bonchev–Trinajstić information content (AvgIpc) is 2.99. The van der Waals surface area contributed by atoms with Crippen LogP contribution in [0.1, 0.15) is 17.3 Å². The van der Waals surface area contributed by atoms with Crippen molar-refractivity contribution in [3.63, 3.8) is 0 Å². The summed E-state index contributed by atoms with van der Waals surface area (Å²) in [5.41, 5.74) is 0.723. The number of amides is 1. The average molecular weight is 362 g/mol. The smallest absolute Gasteiger partial charge is 0.284 e. The molecule has 1 aromatic heterocycles. The molecule has 1 heterocycles. The number of carbonyl (C=O) groups is 1. The van der Waals surface area contributed by atoms with Gasteiger partial charge in [0, 0.05) is 18.2 Å². The quantitative estimate of drug-likeness (QED) is 0.505. The highest BCUT2D eigenvalue weighted by molar-refractivity contribution is 7.22. The number of aromatic nitrogens is 1. The van der Waals surface area contributed by atoms with E-state index in [2.05, 4.69) is 4.98 Å². The summed E-state index contributed by atoms with van der Waals surface area (Å²) in [6, 6.07) is 11.6. The van der Waals surface area contributed by atoms with E-state index in [1.165, 1.54) is 34.4 Å². The van der Waals surface area contributed by atoms with Crippen LogP contribution in [0.15, 0.2) is 42.5 Å². The first-order valence-corrected chi connectivity index (χ1v) is 8.32. The minimum Gasteiger partial charge on any atom is -0.284 e. The molecule has 0 unspecified atom stereocenters. The minimum atomic E-state index is -0.604. The number of hydrogen-bond donors (Lipinski definition) is 0. The van der Waals surface area contributed by atoms with E-state index < -0.39 is 4.92 Å². The van der Waals surface area contributed by atoms with E-state index >= 15 is 0 Å². The Bertz CT molecular complexity index is 908. The fraction of sp³-hybridized carbons (Fsp3) is 0.125. The number of carbonyl (C=O) groups excluding carboxylic acids is 1. The van der Waals surface area contributed by atoms with Crippen LogP contribution in [0, 0.1) is 10.1 Å². The summed E-state index contributed by atoms with van der Waals surface area (Å²) in [6.45, 7) is 2.23. The molecule has 0 aliphatic carbocycles. The summed E-state index contributed by atoms with van der Waals surface area (Å²) in [4.78, 5) is 29.1. The van der Waals surface area contributed by atoms with Crippen molar-refractivity contribution in [2.24, 2.45) is 0 Å². The first kappa shape index (κ1) is 16.4. The number of fused-ring (bicyclic) bond motifs is 1. The maximum Gasteiger partial charge on any atom is 0.288 e. The number of para-hydroxylation sites is 1. The van der Waals surface area contributed by atoms with E-state index in [0.29, 0.717) is 11.7 Å². The van der Waals surface area contributed by atoms with Crippen LogP contribution in [0.3, 0.4) is 0 Å². The molecule has 0 bridgehead atoms. The van der Waals surface area contributed by atoms with E-state index in [1.54, 1.807) is 0 Å². The maximum atomic E-state index is 12.8. The van der Waals surface area contributed by atoms with Crippen LogP contribution < -0.4 is 4.90 Å². The third kappa shape index (κ3) is 2.95. The van der Waals surface area contributed by atoms with Crippen molar-refractivity contribution in [1.82, 2.24) is 4.98 Å². The number of nitrogens with zero attached hydrogens (tertiary/aromatic N) is 3. The number of anilines is 1. The molecule has 0 fully saturated rings. The molecule has 2 aromatic carbocycles. The van der Waals surface area contributed by atoms with Crippen LogP contribution in [-0.4, -0.2) is 22.4 Å². The van der Waals surface area contributed by atoms with Crippen LogP contribution in [0.4, 0.5) is 10.8 Å². The van der Waals surface area contributed by atoms with Gasteiger partial charge in [-0.25, -0.2) is 4.98 Å². The van der Waals surface area contributed by atoms with Gasteiger partial charge in [0.2, 0.25) is 0 Å². The Morgan fingerprint density at radius 2 is 2.08 bits per heavy atom. The zero-order chi connectivity index (χ0) is 17.3. The zero-order valence-electron chi connectivity index (χ0n) is 12.6. The Morgan fingerprint density at radius 1 is 1.33 bits per heavy atom. The molecular formula is C16H12ClN3O3S. The molecule has 1 amide bonds. The second kappa shape index (κ2) is 6.54. The lowest BCUT2D eigenvalue weighted by atomic mass is 10.2. The van der Waals surface area contributed by atoms with Crippen molar-refractivity contribution in [1.29, 1.82) is 0 Å². The Hall–Kier alpha value is -2.51. The SMILES string of the molecule is CCN(C(=O)c1ccc(Cl)c([N+](=O)[O-])c1)c1nc2ccccc2s1. The number of nitro benzene ring substituents is 1. The van der Waals surface area contributed by atoms with E-state index in [4.69, 9.17) is 11.6 Å². The van der Waals surface area contributed by atoms with Gasteiger partial charge in [-0.1, -0.05) is 35.1 Å². The highest BCUT2D eigenvalue weighted by Gasteiger charge is 2.22. The molecule has 0 spiro atoms. The molecule has 0 aliphatic rings. The van der Waals surface area contributed by atoms with Crippen LogP contribution >= 0.6 is 22.9 Å². The third-order valence-electron chi connectivity index (χ3n) is 3.46. The zero-order valence-corrected chi connectivity index (χ0v) is 14.2. The fourth-order valence-electron chi connectivity index (χ4n) is 2.28. The van der Waals surface area contributed by atoms with Crippen LogP contribution in [0.25, 0.3) is 10.2 Å². The summed E-state index contributed by atoms with van der Waals surface area (Å²) in [5, 5.41) is 11.6. The summed E-state index contributed by atoms with van der Waals surface area (Å²) >= 11 is 7.20. The molecule has 0 radical (unpaired) electrons. The molecule has 3 rings (SSSR count). The van der Waals surface area contributed by atoms with Crippen molar-refractivity contribution < 1.29 is 9.72 Å². The molecule has 0 atom stereocenters. The van der Waals surface area contributed by atoms with Crippen molar-refractivity contribution in [2.75, 3.05) is 11.4 Å². The monoisotopic (exact) mass is 361 g/mol. The Balaban J connectivity index is 2.00. The third-order valence-corrected chi connectivity index (χ3v) is 4.84. The van der Waals surface area contributed by atoms with Gasteiger partial charge in [-0.15, -0.1) is 0 Å². The lowest BCUT2D eigenvalue weighted by Gasteiger charge is -2.17. The lowest BCUT2D eigenvalue weighted by molar-refractivity contribution is -0.384. The number of rotatable bonds is 4. The molecule has 0 saturated heterocycles. The minimum absolute atomic E-state index is 0.000384. The topological polar surface area (TPSA) is 76.3 Å². The Morgan fingerprint density at radius 3 is 2.75 bits per heavy atom. The summed E-state index contributed by atoms with van der Waals surface area (Å²) < 4.78 is 0.973. The molecule has 24 heavy (non-hydrogen) atoms. The van der Waals surface area contributed by atoms with Crippen molar-refractivity contribution in [3.05, 3.63) is 63.2 Å². The van der Waals surface area contributed by atoms with E-state index in [9.17, 15) is 14.9 Å². The van der Waals surface area contributed by atoms with Crippen LogP contribution in [-0.2, 0) is 0 Å². The lowest BCUT2D eigenvalue weighted by Crippen LogP contribution is -2.30. The van der Waals surface area contributed by atoms with E-state index in [0.717, 1.165) is 10.2 Å². The van der Waals surface area contributed by atoms with Crippen molar-refractivity contribution in [3.8, 4) is 0 Å². The van der Waals surface area contributed by atoms with Gasteiger partial charge < -0.3 is 0 Å².